The summed E-state index contributed by atoms with van der Waals surface area (Å²) in [5.74, 6) is 0. The molecule has 0 radical (unpaired) electrons. The Morgan fingerprint density at radius 1 is 1.00 bits per heavy atom. The van der Waals surface area contributed by atoms with E-state index in [-0.39, 0.29) is 12.1 Å². The summed E-state index contributed by atoms with van der Waals surface area (Å²) in [6, 6.07) is 19.2. The highest BCUT2D eigenvalue weighted by atomic mass is 16.5. The molecule has 1 fully saturated rings. The van der Waals surface area contributed by atoms with Crippen LogP contribution in [0.15, 0.2) is 54.6 Å². The molecular weight excluding hydrogens is 298 g/mol. The summed E-state index contributed by atoms with van der Waals surface area (Å²) in [5.41, 5.74) is 1.26. The number of benzene rings is 3. The molecule has 4 rings (SSSR count). The highest BCUT2D eigenvalue weighted by Gasteiger charge is 2.30. The third-order valence-corrected chi connectivity index (χ3v) is 5.06. The number of nitrogens with zero attached hydrogens (tertiary/aromatic N) is 1. The van der Waals surface area contributed by atoms with Crippen LogP contribution in [-0.2, 0) is 4.74 Å². The van der Waals surface area contributed by atoms with Crippen molar-refractivity contribution in [3.63, 3.8) is 0 Å². The Morgan fingerprint density at radius 3 is 2.25 bits per heavy atom. The smallest absolute Gasteiger partial charge is 0.409 e. The van der Waals surface area contributed by atoms with E-state index in [1.54, 1.807) is 0 Å². The van der Waals surface area contributed by atoms with E-state index in [4.69, 9.17) is 4.74 Å². The van der Waals surface area contributed by atoms with Gasteiger partial charge in [-0.25, -0.2) is 4.79 Å². The van der Waals surface area contributed by atoms with Gasteiger partial charge in [0, 0.05) is 6.54 Å². The third-order valence-electron chi connectivity index (χ3n) is 5.06. The second-order valence-electron chi connectivity index (χ2n) is 6.41. The minimum Gasteiger partial charge on any atom is -0.453 e. The number of fused-ring (bicyclic) bond motifs is 2. The quantitative estimate of drug-likeness (QED) is 0.571. The lowest BCUT2D eigenvalue weighted by Gasteiger charge is -2.36. The van der Waals surface area contributed by atoms with Crippen LogP contribution in [0.1, 0.15) is 30.9 Å². The van der Waals surface area contributed by atoms with Gasteiger partial charge in [-0.15, -0.1) is 0 Å². The molecule has 0 aliphatic carbocycles. The van der Waals surface area contributed by atoms with Crippen molar-refractivity contribution in [3.8, 4) is 0 Å². The summed E-state index contributed by atoms with van der Waals surface area (Å²) in [6.45, 7) is 0.759. The van der Waals surface area contributed by atoms with E-state index in [9.17, 15) is 4.79 Å². The molecule has 1 aliphatic rings. The number of likely N-dealkylation sites (tertiary alicyclic amines) is 1. The molecule has 0 spiro atoms. The van der Waals surface area contributed by atoms with Crippen LogP contribution in [0.2, 0.25) is 0 Å². The highest BCUT2D eigenvalue weighted by molar-refractivity contribution is 6.02. The van der Waals surface area contributed by atoms with Gasteiger partial charge < -0.3 is 9.64 Å². The summed E-state index contributed by atoms with van der Waals surface area (Å²) in [4.78, 5) is 14.2. The first-order valence-electron chi connectivity index (χ1n) is 8.54. The molecule has 3 nitrogen and oxygen atoms in total. The topological polar surface area (TPSA) is 29.5 Å². The molecule has 3 aromatic rings. The van der Waals surface area contributed by atoms with Gasteiger partial charge in [0.1, 0.15) is 0 Å². The summed E-state index contributed by atoms with van der Waals surface area (Å²) < 4.78 is 5.05. The summed E-state index contributed by atoms with van der Waals surface area (Å²) in [6.07, 6.45) is 2.92. The van der Waals surface area contributed by atoms with Crippen LogP contribution in [0.25, 0.3) is 21.5 Å². The Hall–Kier alpha value is -2.55. The number of piperidine rings is 1. The number of carbonyl (C=O) groups excluding carboxylic acids is 1. The zero-order chi connectivity index (χ0) is 16.5. The molecule has 122 valence electrons. The van der Waals surface area contributed by atoms with Gasteiger partial charge in [-0.2, -0.15) is 0 Å². The second-order valence-corrected chi connectivity index (χ2v) is 6.41. The Bertz CT molecular complexity index is 849. The molecule has 1 atom stereocenters. The molecule has 0 saturated carbocycles. The third kappa shape index (κ3) is 2.41. The Balaban J connectivity index is 2.00. The van der Waals surface area contributed by atoms with Crippen molar-refractivity contribution in [1.82, 2.24) is 4.90 Å². The van der Waals surface area contributed by atoms with Crippen molar-refractivity contribution in [2.45, 2.75) is 25.3 Å². The largest absolute Gasteiger partial charge is 0.453 e. The van der Waals surface area contributed by atoms with Gasteiger partial charge >= 0.3 is 6.09 Å². The van der Waals surface area contributed by atoms with E-state index in [1.807, 2.05) is 4.90 Å². The van der Waals surface area contributed by atoms with Crippen molar-refractivity contribution in [3.05, 3.63) is 60.2 Å². The van der Waals surface area contributed by atoms with E-state index in [2.05, 4.69) is 54.6 Å². The maximum Gasteiger partial charge on any atom is 0.409 e. The summed E-state index contributed by atoms with van der Waals surface area (Å²) >= 11 is 0. The first-order chi connectivity index (χ1) is 11.8. The zero-order valence-corrected chi connectivity index (χ0v) is 13.9. The molecule has 1 saturated heterocycles. The van der Waals surface area contributed by atoms with Crippen molar-refractivity contribution in [2.75, 3.05) is 13.7 Å². The van der Waals surface area contributed by atoms with Crippen molar-refractivity contribution in [1.29, 1.82) is 0 Å². The maximum absolute atomic E-state index is 12.3. The monoisotopic (exact) mass is 319 g/mol. The SMILES string of the molecule is COC(=O)N1CCCCC1c1c2ccccc2cc2ccccc12. The standard InChI is InChI=1S/C21H21NO2/c1-24-21(23)22-13-7-6-12-19(22)20-17-10-4-2-8-15(17)14-16-9-3-5-11-18(16)20/h2-5,8-11,14,19H,6-7,12-13H2,1H3. The van der Waals surface area contributed by atoms with Crippen molar-refractivity contribution >= 4 is 27.6 Å². The normalized spacial score (nSPS) is 18.0. The van der Waals surface area contributed by atoms with E-state index in [1.165, 1.54) is 34.2 Å². The predicted molar refractivity (Wildman–Crippen MR) is 97.2 cm³/mol. The fourth-order valence-electron chi connectivity index (χ4n) is 3.98. The number of rotatable bonds is 1. The lowest BCUT2D eigenvalue weighted by Crippen LogP contribution is -2.38. The summed E-state index contributed by atoms with van der Waals surface area (Å²) in [7, 11) is 1.47. The van der Waals surface area contributed by atoms with Crippen LogP contribution >= 0.6 is 0 Å². The number of hydrogen-bond acceptors (Lipinski definition) is 2. The van der Waals surface area contributed by atoms with E-state index < -0.39 is 0 Å². The number of methoxy groups -OCH3 is 1. The molecule has 0 aromatic heterocycles. The second kappa shape index (κ2) is 6.16. The number of amides is 1. The Labute approximate surface area is 141 Å². The highest BCUT2D eigenvalue weighted by Crippen LogP contribution is 2.40. The molecule has 1 amide bonds. The molecule has 24 heavy (non-hydrogen) atoms. The van der Waals surface area contributed by atoms with Gasteiger partial charge in [-0.1, -0.05) is 48.5 Å². The van der Waals surface area contributed by atoms with Gasteiger partial charge in [-0.05, 0) is 52.4 Å². The predicted octanol–water partition coefficient (Wildman–Crippen LogP) is 5.29. The number of ether oxygens (including phenoxy) is 1. The lowest BCUT2D eigenvalue weighted by molar-refractivity contribution is 0.0902. The first-order valence-corrected chi connectivity index (χ1v) is 8.54. The van der Waals surface area contributed by atoms with E-state index in [0.717, 1.165) is 25.8 Å². The van der Waals surface area contributed by atoms with Crippen LogP contribution in [0, 0.1) is 0 Å². The molecule has 3 aromatic carbocycles. The van der Waals surface area contributed by atoms with Crippen LogP contribution < -0.4 is 0 Å². The molecular formula is C21H21NO2. The average Bonchev–Trinajstić information content (AvgIpc) is 2.65. The number of carbonyl (C=O) groups is 1. The molecule has 1 heterocycles. The summed E-state index contributed by atoms with van der Waals surface area (Å²) in [5, 5.41) is 4.91. The molecule has 1 aliphatic heterocycles. The van der Waals surface area contributed by atoms with Crippen LogP contribution in [0.4, 0.5) is 4.79 Å². The van der Waals surface area contributed by atoms with Crippen molar-refractivity contribution in [2.24, 2.45) is 0 Å². The van der Waals surface area contributed by atoms with Crippen molar-refractivity contribution < 1.29 is 9.53 Å². The van der Waals surface area contributed by atoms with Crippen LogP contribution in [-0.4, -0.2) is 24.6 Å². The molecule has 1 unspecified atom stereocenters. The van der Waals surface area contributed by atoms with Crippen LogP contribution in [0.3, 0.4) is 0 Å². The molecule has 0 bridgehead atoms. The van der Waals surface area contributed by atoms with Gasteiger partial charge in [0.05, 0.1) is 13.2 Å². The Kier molecular flexibility index (Phi) is 3.85. The maximum atomic E-state index is 12.3. The van der Waals surface area contributed by atoms with Crippen LogP contribution in [0.5, 0.6) is 0 Å². The lowest BCUT2D eigenvalue weighted by atomic mass is 9.87. The first kappa shape index (κ1) is 15.0. The molecule has 3 heteroatoms. The minimum absolute atomic E-state index is 0.0715. The van der Waals surface area contributed by atoms with E-state index >= 15 is 0 Å². The average molecular weight is 319 g/mol. The van der Waals surface area contributed by atoms with Gasteiger partial charge in [0.2, 0.25) is 0 Å². The zero-order valence-electron chi connectivity index (χ0n) is 13.9. The van der Waals surface area contributed by atoms with Gasteiger partial charge in [0.15, 0.2) is 0 Å². The molecule has 0 N–H and O–H groups in total. The Morgan fingerprint density at radius 2 is 1.62 bits per heavy atom. The minimum atomic E-state index is -0.225. The number of hydrogen-bond donors (Lipinski definition) is 0. The van der Waals surface area contributed by atoms with Gasteiger partial charge in [-0.3, -0.25) is 0 Å². The fraction of sp³-hybridized carbons (Fsp3) is 0.286. The van der Waals surface area contributed by atoms with E-state index in [0.29, 0.717) is 0 Å². The van der Waals surface area contributed by atoms with Gasteiger partial charge in [0.25, 0.3) is 0 Å². The fourth-order valence-corrected chi connectivity index (χ4v) is 3.98.